The summed E-state index contributed by atoms with van der Waals surface area (Å²) in [4.78, 5) is 111. The van der Waals surface area contributed by atoms with E-state index in [4.69, 9.17) is 23.7 Å². The zero-order chi connectivity index (χ0) is 90.3. The molecule has 640 valence electrons. The van der Waals surface area contributed by atoms with Crippen molar-refractivity contribution in [1.29, 1.82) is 0 Å². The molecule has 1 unspecified atom stereocenters. The zero-order valence-electron chi connectivity index (χ0n) is 70.8. The number of rotatable bonds is 11. The van der Waals surface area contributed by atoms with Crippen LogP contribution >= 0.6 is 0 Å². The standard InChI is InChI=1S/2C16H13FN4OSe.C14H19N3O3.C13H15N3O3.2C13H15N3O2Se/c2*1-21-12-3-2-8-18-13(12)15(23)14(20-21)16(22)19-9-10-4-6-11(17)7-5-10;1-14(2,3)20-13(18)11-12(19-5)10-9(17(4)16-11)7-6-8-15-10;1-13(2,3)19-12(18)10-11(17)9-8(16(4)15-10)6-5-7-14-9;2*1-13(2,3)18-12(17)10-11(19)9-8(16(4)15-10)6-5-7-14-9/h2*2-8H,9H2,1H3,(H,19,22);6-8,12H,1-5H3;3*5-7H,1-4H3. The third-order valence-electron chi connectivity index (χ3n) is 16.8. The van der Waals surface area contributed by atoms with E-state index in [1.165, 1.54) is 42.3 Å². The molecule has 0 bridgehead atoms. The monoisotopic (exact) mass is 1940 g/mol. The van der Waals surface area contributed by atoms with Crippen LogP contribution in [0.4, 0.5) is 14.5 Å². The Hall–Kier alpha value is -12.0. The average Bonchev–Trinajstić information content (AvgIpc) is 0.799. The number of benzene rings is 2. The Morgan fingerprint density at radius 1 is 0.382 bits per heavy atom. The van der Waals surface area contributed by atoms with Gasteiger partial charge in [-0.25, -0.2) is 9.59 Å². The van der Waals surface area contributed by atoms with Crippen LogP contribution in [-0.4, -0.2) is 219 Å². The number of anilines is 1. The number of carbonyl (C=O) groups is 6. The molecule has 11 aromatic heterocycles. The predicted molar refractivity (Wildman–Crippen MR) is 461 cm³/mol. The molecule has 38 heteroatoms. The van der Waals surface area contributed by atoms with E-state index >= 15 is 0 Å². The van der Waals surface area contributed by atoms with Crippen molar-refractivity contribution < 1.29 is 61.2 Å². The third kappa shape index (κ3) is 25.1. The molecule has 14 rings (SSSR count). The van der Waals surface area contributed by atoms with Gasteiger partial charge < -0.3 is 14.2 Å². The van der Waals surface area contributed by atoms with E-state index in [9.17, 15) is 42.3 Å². The van der Waals surface area contributed by atoms with Crippen LogP contribution in [-0.2, 0) is 76.8 Å². The van der Waals surface area contributed by atoms with Gasteiger partial charge in [0.1, 0.15) is 22.4 Å². The first-order chi connectivity index (χ1) is 57.8. The fourth-order valence-electron chi connectivity index (χ4n) is 11.4. The van der Waals surface area contributed by atoms with E-state index in [1.54, 1.807) is 154 Å². The maximum absolute atomic E-state index is 12.9. The number of aryl methyl sites for hydroxylation is 5. The minimum absolute atomic E-state index is 0.205. The van der Waals surface area contributed by atoms with Gasteiger partial charge in [-0.2, -0.15) is 10.2 Å². The molecule has 123 heavy (non-hydrogen) atoms. The van der Waals surface area contributed by atoms with Gasteiger partial charge in [-0.05, 0) is 65.8 Å². The van der Waals surface area contributed by atoms with Crippen LogP contribution in [0.1, 0.15) is 158 Å². The zero-order valence-corrected chi connectivity index (χ0v) is 77.7. The molecular formula is C85H90F2N20O12Se4. The van der Waals surface area contributed by atoms with E-state index in [0.717, 1.165) is 38.9 Å². The van der Waals surface area contributed by atoms with Gasteiger partial charge in [0.15, 0.2) is 11.8 Å². The van der Waals surface area contributed by atoms with Crippen molar-refractivity contribution in [2.75, 3.05) is 19.2 Å². The molecule has 0 aliphatic carbocycles. The van der Waals surface area contributed by atoms with E-state index < -0.39 is 57.8 Å². The minimum atomic E-state index is -0.736. The first-order valence-corrected chi connectivity index (χ1v) is 41.2. The number of nitrogens with zero attached hydrogens (tertiary/aromatic N) is 18. The predicted octanol–water partition coefficient (Wildman–Crippen LogP) is 9.92. The summed E-state index contributed by atoms with van der Waals surface area (Å²) in [6.45, 7) is 22.2. The van der Waals surface area contributed by atoms with Gasteiger partial charge in [-0.1, -0.05) is 0 Å². The van der Waals surface area contributed by atoms with Crippen molar-refractivity contribution in [3.05, 3.63) is 242 Å². The summed E-state index contributed by atoms with van der Waals surface area (Å²) < 4.78 is 62.8. The van der Waals surface area contributed by atoms with Crippen molar-refractivity contribution in [2.45, 2.75) is 125 Å². The molecule has 0 radical (unpaired) electrons. The summed E-state index contributed by atoms with van der Waals surface area (Å²) in [5.74, 6) is -3.38. The fourth-order valence-corrected chi connectivity index (χ4v) is 13.8. The van der Waals surface area contributed by atoms with Gasteiger partial charge in [0, 0.05) is 33.6 Å². The van der Waals surface area contributed by atoms with Crippen LogP contribution < -0.4 is 21.1 Å². The summed E-state index contributed by atoms with van der Waals surface area (Å²) in [7, 11) is 12.0. The van der Waals surface area contributed by atoms with Crippen molar-refractivity contribution in [3.63, 3.8) is 0 Å². The topological polar surface area (TPSA) is 372 Å². The number of esters is 4. The van der Waals surface area contributed by atoms with E-state index in [-0.39, 0.29) is 63.1 Å². The van der Waals surface area contributed by atoms with Gasteiger partial charge in [0.05, 0.1) is 11.2 Å². The fraction of sp³-hybridized carbons (Fsp3) is 0.306. The molecule has 32 nitrogen and oxygen atoms in total. The number of ether oxygens (including phenoxy) is 5. The van der Waals surface area contributed by atoms with Gasteiger partial charge in [0.2, 0.25) is 11.1 Å². The Morgan fingerprint density at radius 3 is 0.992 bits per heavy atom. The third-order valence-corrected chi connectivity index (χ3v) is 20.0. The molecule has 0 spiro atoms. The second-order valence-corrected chi connectivity index (χ2v) is 34.4. The van der Waals surface area contributed by atoms with Gasteiger partial charge in [0.25, 0.3) is 0 Å². The first-order valence-electron chi connectivity index (χ1n) is 37.7. The van der Waals surface area contributed by atoms with Crippen molar-refractivity contribution in [2.24, 2.45) is 40.3 Å². The van der Waals surface area contributed by atoms with Crippen molar-refractivity contribution in [3.8, 4) is 0 Å². The van der Waals surface area contributed by atoms with Gasteiger partial charge in [-0.15, -0.1) is 0 Å². The quantitative estimate of drug-likeness (QED) is 0.0690. The Labute approximate surface area is 736 Å². The van der Waals surface area contributed by atoms with E-state index in [0.29, 0.717) is 62.6 Å². The Balaban J connectivity index is 0.000000168. The van der Waals surface area contributed by atoms with Crippen LogP contribution in [0.15, 0.2) is 168 Å². The summed E-state index contributed by atoms with van der Waals surface area (Å²) >= 11 is 11.5. The average molecular weight is 1940 g/mol. The number of hydrazone groups is 1. The molecular weight excluding hydrogens is 1850 g/mol. The number of halogens is 2. The number of methoxy groups -OCH3 is 1. The SMILES string of the molecule is COC1C(C(=O)OC(C)(C)C)=NN(C)c2cccnc21.Cn1nc(C(=O)NCc2ccc(F)cc2)c(=[Se])c2ncccc21.Cn1nc(C(=O)NCc2ccc(F)cc2)c(=[Se])c2ncccc21.Cn1nc(C(=O)OC(C)(C)C)c(=O)c2ncccc21.Cn1nc(C(=O)OC(C)(C)C)c(=[Se])c2ncccc21.Cn1nc(C(=O)OC(C)(C)C)c(=[Se])c2ncccc21. The second kappa shape index (κ2) is 40.8. The molecule has 2 N–H and O–H groups in total. The first kappa shape index (κ1) is 94.9. The molecule has 1 aliphatic heterocycles. The second-order valence-electron chi connectivity index (χ2n) is 31.0. The number of fused-ring (bicyclic) bond motifs is 6. The Bertz CT molecular complexity index is 6090. The molecule has 0 fully saturated rings. The van der Waals surface area contributed by atoms with Crippen LogP contribution in [0.25, 0.3) is 55.2 Å². The summed E-state index contributed by atoms with van der Waals surface area (Å²) in [5.41, 5.74) is 8.18. The summed E-state index contributed by atoms with van der Waals surface area (Å²) in [5, 5.41) is 32.5. The Kier molecular flexibility index (Phi) is 31.5. The van der Waals surface area contributed by atoms with E-state index in [2.05, 4.69) is 133 Å². The molecule has 1 atom stereocenters. The van der Waals surface area contributed by atoms with Crippen LogP contribution in [0.5, 0.6) is 0 Å². The normalized spacial score (nSPS) is 12.3. The van der Waals surface area contributed by atoms with Gasteiger partial charge >= 0.3 is 527 Å². The molecule has 0 saturated carbocycles. The molecule has 0 saturated heterocycles. The number of amides is 2. The number of pyridine rings is 6. The molecule has 1 aliphatic rings. The molecule has 2 aromatic carbocycles. The number of hydrogen-bond donors (Lipinski definition) is 2. The maximum atomic E-state index is 12.9. The molecule has 12 heterocycles. The summed E-state index contributed by atoms with van der Waals surface area (Å²) in [6.07, 6.45) is 9.26. The van der Waals surface area contributed by atoms with Crippen LogP contribution in [0, 0.1) is 27.9 Å². The van der Waals surface area contributed by atoms with Gasteiger partial charge in [-0.3, -0.25) is 24.5 Å². The van der Waals surface area contributed by atoms with E-state index in [1.807, 2.05) is 123 Å². The van der Waals surface area contributed by atoms with Crippen molar-refractivity contribution in [1.82, 2.24) is 89.4 Å². The number of nitrogens with one attached hydrogen (secondary N) is 2. The summed E-state index contributed by atoms with van der Waals surface area (Å²) in [6, 6.07) is 33.9. The Morgan fingerprint density at radius 2 is 0.659 bits per heavy atom. The van der Waals surface area contributed by atoms with Crippen LogP contribution in [0.3, 0.4) is 0 Å². The van der Waals surface area contributed by atoms with Crippen LogP contribution in [0.2, 0.25) is 0 Å². The molecule has 2 amide bonds. The number of carbonyl (C=O) groups excluding carboxylic acids is 6. The number of aromatic nitrogens is 16. The van der Waals surface area contributed by atoms with Crippen molar-refractivity contribution >= 4 is 165 Å². The molecule has 13 aromatic rings. The number of hydrogen-bond acceptors (Lipinski definition) is 25.